The third kappa shape index (κ3) is 3.56. The monoisotopic (exact) mass is 418 g/mol. The van der Waals surface area contributed by atoms with Crippen molar-refractivity contribution >= 4 is 23.0 Å². The SMILES string of the molecule is COc1ccc(C(=O)N2c3ccccc3N=C(c3ccccc3)[C@H]2c2ccccc2)cc1. The molecule has 1 atom stereocenters. The second-order valence-corrected chi connectivity index (χ2v) is 7.57. The zero-order valence-corrected chi connectivity index (χ0v) is 17.7. The first-order valence-electron chi connectivity index (χ1n) is 10.5. The maximum absolute atomic E-state index is 14.0. The van der Waals surface area contributed by atoms with Crippen LogP contribution in [0.4, 0.5) is 11.4 Å². The van der Waals surface area contributed by atoms with Gasteiger partial charge in [-0.05, 0) is 47.5 Å². The number of fused-ring (bicyclic) bond motifs is 1. The molecule has 0 aromatic heterocycles. The normalized spacial score (nSPS) is 15.0. The lowest BCUT2D eigenvalue weighted by Crippen LogP contribution is -2.41. The van der Waals surface area contributed by atoms with E-state index in [0.29, 0.717) is 11.3 Å². The van der Waals surface area contributed by atoms with E-state index in [-0.39, 0.29) is 11.9 Å². The fraction of sp³-hybridized carbons (Fsp3) is 0.0714. The average molecular weight is 418 g/mol. The average Bonchev–Trinajstić information content (AvgIpc) is 2.88. The van der Waals surface area contributed by atoms with Crippen LogP contribution in [0.5, 0.6) is 5.75 Å². The van der Waals surface area contributed by atoms with Crippen LogP contribution in [-0.2, 0) is 0 Å². The van der Waals surface area contributed by atoms with E-state index >= 15 is 0 Å². The van der Waals surface area contributed by atoms with Gasteiger partial charge in [-0.25, -0.2) is 4.99 Å². The lowest BCUT2D eigenvalue weighted by Gasteiger charge is -2.37. The fourth-order valence-electron chi connectivity index (χ4n) is 4.09. The summed E-state index contributed by atoms with van der Waals surface area (Å²) >= 11 is 0. The molecule has 0 fully saturated rings. The van der Waals surface area contributed by atoms with Crippen molar-refractivity contribution < 1.29 is 9.53 Å². The van der Waals surface area contributed by atoms with Gasteiger partial charge in [0.2, 0.25) is 0 Å². The van der Waals surface area contributed by atoms with Crippen molar-refractivity contribution in [2.24, 2.45) is 4.99 Å². The smallest absolute Gasteiger partial charge is 0.259 e. The Morgan fingerprint density at radius 3 is 2.09 bits per heavy atom. The Kier molecular flexibility index (Phi) is 5.26. The van der Waals surface area contributed by atoms with Gasteiger partial charge in [0, 0.05) is 5.56 Å². The minimum Gasteiger partial charge on any atom is -0.497 e. The van der Waals surface area contributed by atoms with E-state index < -0.39 is 0 Å². The van der Waals surface area contributed by atoms with Gasteiger partial charge in [0.25, 0.3) is 5.91 Å². The summed E-state index contributed by atoms with van der Waals surface area (Å²) in [7, 11) is 1.62. The molecule has 1 aliphatic rings. The van der Waals surface area contributed by atoms with E-state index in [1.807, 2.05) is 102 Å². The molecule has 0 aliphatic carbocycles. The number of amides is 1. The van der Waals surface area contributed by atoms with Crippen molar-refractivity contribution in [1.29, 1.82) is 0 Å². The van der Waals surface area contributed by atoms with Crippen molar-refractivity contribution in [1.82, 2.24) is 0 Å². The number of carbonyl (C=O) groups is 1. The summed E-state index contributed by atoms with van der Waals surface area (Å²) in [6.45, 7) is 0. The van der Waals surface area contributed by atoms with Gasteiger partial charge >= 0.3 is 0 Å². The van der Waals surface area contributed by atoms with Crippen molar-refractivity contribution in [2.45, 2.75) is 6.04 Å². The number of aliphatic imine (C=N–C) groups is 1. The molecule has 4 aromatic rings. The van der Waals surface area contributed by atoms with Crippen LogP contribution < -0.4 is 9.64 Å². The standard InChI is InChI=1S/C28H22N2O2/c1-32-23-18-16-22(17-19-23)28(31)30-25-15-9-8-14-24(25)29-26(20-10-4-2-5-11-20)27(30)21-12-6-3-7-13-21/h2-19,27H,1H3/t27-/m1/s1. The summed E-state index contributed by atoms with van der Waals surface area (Å²) in [5.74, 6) is 0.629. The Balaban J connectivity index is 1.72. The molecule has 4 heteroatoms. The van der Waals surface area contributed by atoms with Crippen LogP contribution in [0, 0.1) is 0 Å². The molecule has 0 spiro atoms. The number of para-hydroxylation sites is 2. The number of methoxy groups -OCH3 is 1. The highest BCUT2D eigenvalue weighted by Crippen LogP contribution is 2.42. The van der Waals surface area contributed by atoms with Gasteiger partial charge in [-0.2, -0.15) is 0 Å². The number of ether oxygens (including phenoxy) is 1. The number of anilines is 1. The summed E-state index contributed by atoms with van der Waals surface area (Å²) in [4.78, 5) is 20.8. The third-order valence-electron chi connectivity index (χ3n) is 5.64. The van der Waals surface area contributed by atoms with E-state index in [1.165, 1.54) is 0 Å². The van der Waals surface area contributed by atoms with Crippen LogP contribution >= 0.6 is 0 Å². The summed E-state index contributed by atoms with van der Waals surface area (Å²) in [5.41, 5.74) is 5.00. The first-order valence-corrected chi connectivity index (χ1v) is 10.5. The molecule has 1 amide bonds. The number of carbonyl (C=O) groups excluding carboxylic acids is 1. The molecule has 0 unspecified atom stereocenters. The fourth-order valence-corrected chi connectivity index (χ4v) is 4.09. The Labute approximate surface area is 187 Å². The summed E-state index contributed by atoms with van der Waals surface area (Å²) < 4.78 is 5.27. The van der Waals surface area contributed by atoms with Crippen LogP contribution in [0.1, 0.15) is 27.5 Å². The van der Waals surface area contributed by atoms with Gasteiger partial charge < -0.3 is 4.74 Å². The van der Waals surface area contributed by atoms with Gasteiger partial charge in [0.1, 0.15) is 11.8 Å². The number of rotatable bonds is 4. The van der Waals surface area contributed by atoms with Crippen LogP contribution in [0.2, 0.25) is 0 Å². The van der Waals surface area contributed by atoms with E-state index in [0.717, 1.165) is 28.2 Å². The maximum Gasteiger partial charge on any atom is 0.259 e. The van der Waals surface area contributed by atoms with E-state index in [9.17, 15) is 4.79 Å². The molecule has 156 valence electrons. The predicted octanol–water partition coefficient (Wildman–Crippen LogP) is 6.22. The Bertz CT molecular complexity index is 1270. The molecule has 4 aromatic carbocycles. The van der Waals surface area contributed by atoms with Crippen LogP contribution in [0.15, 0.2) is 114 Å². The van der Waals surface area contributed by atoms with Crippen LogP contribution in [-0.4, -0.2) is 18.7 Å². The Morgan fingerprint density at radius 1 is 0.781 bits per heavy atom. The zero-order chi connectivity index (χ0) is 21.9. The lowest BCUT2D eigenvalue weighted by molar-refractivity contribution is 0.0982. The van der Waals surface area contributed by atoms with Gasteiger partial charge in [-0.15, -0.1) is 0 Å². The lowest BCUT2D eigenvalue weighted by atomic mass is 9.91. The van der Waals surface area contributed by atoms with Crippen LogP contribution in [0.3, 0.4) is 0 Å². The molecule has 0 saturated carbocycles. The van der Waals surface area contributed by atoms with Gasteiger partial charge in [-0.1, -0.05) is 72.8 Å². The van der Waals surface area contributed by atoms with E-state index in [2.05, 4.69) is 0 Å². The molecular formula is C28H22N2O2. The van der Waals surface area contributed by atoms with Gasteiger partial charge in [-0.3, -0.25) is 9.69 Å². The molecule has 4 nitrogen and oxygen atoms in total. The first kappa shape index (κ1) is 19.8. The van der Waals surface area contributed by atoms with E-state index in [1.54, 1.807) is 19.2 Å². The summed E-state index contributed by atoms with van der Waals surface area (Å²) in [6.07, 6.45) is 0. The number of hydrogen-bond acceptors (Lipinski definition) is 3. The first-order chi connectivity index (χ1) is 15.8. The molecular weight excluding hydrogens is 396 g/mol. The molecule has 0 bridgehead atoms. The maximum atomic E-state index is 14.0. The highest BCUT2D eigenvalue weighted by molar-refractivity contribution is 6.18. The van der Waals surface area contributed by atoms with Gasteiger partial charge in [0.05, 0.1) is 24.2 Å². The van der Waals surface area contributed by atoms with Gasteiger partial charge in [0.15, 0.2) is 0 Å². The second-order valence-electron chi connectivity index (χ2n) is 7.57. The summed E-state index contributed by atoms with van der Waals surface area (Å²) in [6, 6.07) is 34.8. The number of benzene rings is 4. The van der Waals surface area contributed by atoms with E-state index in [4.69, 9.17) is 9.73 Å². The highest BCUT2D eigenvalue weighted by Gasteiger charge is 2.36. The molecule has 0 radical (unpaired) electrons. The number of nitrogens with zero attached hydrogens (tertiary/aromatic N) is 2. The Morgan fingerprint density at radius 2 is 1.41 bits per heavy atom. The Hall–Kier alpha value is -4.18. The topological polar surface area (TPSA) is 41.9 Å². The quantitative estimate of drug-likeness (QED) is 0.395. The highest BCUT2D eigenvalue weighted by atomic mass is 16.5. The molecule has 0 saturated heterocycles. The van der Waals surface area contributed by atoms with Crippen LogP contribution in [0.25, 0.3) is 0 Å². The summed E-state index contributed by atoms with van der Waals surface area (Å²) in [5, 5.41) is 0. The van der Waals surface area contributed by atoms with Crippen molar-refractivity contribution in [2.75, 3.05) is 12.0 Å². The molecule has 1 heterocycles. The third-order valence-corrected chi connectivity index (χ3v) is 5.64. The minimum atomic E-state index is -0.358. The molecule has 32 heavy (non-hydrogen) atoms. The second kappa shape index (κ2) is 8.52. The van der Waals surface area contributed by atoms with Crippen molar-refractivity contribution in [3.63, 3.8) is 0 Å². The molecule has 1 aliphatic heterocycles. The minimum absolute atomic E-state index is 0.0858. The molecule has 5 rings (SSSR count). The number of hydrogen-bond donors (Lipinski definition) is 0. The molecule has 0 N–H and O–H groups in total. The largest absolute Gasteiger partial charge is 0.497 e. The zero-order valence-electron chi connectivity index (χ0n) is 17.7. The van der Waals surface area contributed by atoms with Crippen molar-refractivity contribution in [3.05, 3.63) is 126 Å². The van der Waals surface area contributed by atoms with Crippen molar-refractivity contribution in [3.8, 4) is 5.75 Å². The predicted molar refractivity (Wildman–Crippen MR) is 128 cm³/mol.